The molecule has 1 unspecified atom stereocenters. The van der Waals surface area contributed by atoms with Crippen LogP contribution in [0, 0.1) is 5.92 Å². The number of ether oxygens (including phenoxy) is 2. The summed E-state index contributed by atoms with van der Waals surface area (Å²) in [6.45, 7) is 3.61. The summed E-state index contributed by atoms with van der Waals surface area (Å²) in [5.74, 6) is 3.08. The second-order valence-corrected chi connectivity index (χ2v) is 7.34. The Bertz CT molecular complexity index is 1030. The molecule has 0 bridgehead atoms. The monoisotopic (exact) mass is 379 g/mol. The molecule has 6 nitrogen and oxygen atoms in total. The molecule has 0 spiro atoms. The molecule has 1 amide bonds. The normalized spacial score (nSPS) is 15.9. The minimum Gasteiger partial charge on any atom is -0.497 e. The van der Waals surface area contributed by atoms with E-state index in [1.54, 1.807) is 14.2 Å². The zero-order chi connectivity index (χ0) is 19.7. The molecule has 2 aromatic carbocycles. The van der Waals surface area contributed by atoms with E-state index >= 15 is 0 Å². The van der Waals surface area contributed by atoms with Crippen LogP contribution < -0.4 is 14.8 Å². The Balaban J connectivity index is 1.53. The van der Waals surface area contributed by atoms with Crippen LogP contribution in [-0.2, 0) is 19.5 Å². The number of aromatic nitrogens is 2. The van der Waals surface area contributed by atoms with Gasteiger partial charge in [0.1, 0.15) is 17.3 Å². The Morgan fingerprint density at radius 2 is 2.07 bits per heavy atom. The lowest BCUT2D eigenvalue weighted by atomic mass is 10.0. The minimum absolute atomic E-state index is 0.133. The fourth-order valence-corrected chi connectivity index (χ4v) is 3.79. The highest BCUT2D eigenvalue weighted by molar-refractivity contribution is 5.97. The molecule has 0 aliphatic carbocycles. The number of imidazole rings is 1. The maximum atomic E-state index is 12.7. The van der Waals surface area contributed by atoms with Crippen molar-refractivity contribution in [2.45, 2.75) is 32.9 Å². The van der Waals surface area contributed by atoms with E-state index in [2.05, 4.69) is 16.8 Å². The number of hydrogen-bond acceptors (Lipinski definition) is 4. The first-order valence-electron chi connectivity index (χ1n) is 9.57. The third kappa shape index (κ3) is 3.42. The van der Waals surface area contributed by atoms with Gasteiger partial charge in [0.05, 0.1) is 25.3 Å². The molecule has 0 fully saturated rings. The predicted molar refractivity (Wildman–Crippen MR) is 108 cm³/mol. The number of carbonyl (C=O) groups excluding carboxylic acids is 1. The first kappa shape index (κ1) is 18.3. The molecule has 28 heavy (non-hydrogen) atoms. The van der Waals surface area contributed by atoms with Crippen LogP contribution in [0.1, 0.15) is 35.1 Å². The maximum absolute atomic E-state index is 12.7. The Kier molecular flexibility index (Phi) is 4.94. The molecule has 1 aliphatic heterocycles. The summed E-state index contributed by atoms with van der Waals surface area (Å²) >= 11 is 0. The third-order valence-electron chi connectivity index (χ3n) is 5.39. The van der Waals surface area contributed by atoms with E-state index in [0.29, 0.717) is 23.8 Å². The van der Waals surface area contributed by atoms with Crippen LogP contribution in [0.2, 0.25) is 0 Å². The van der Waals surface area contributed by atoms with Gasteiger partial charge in [-0.05, 0) is 48.7 Å². The zero-order valence-corrected chi connectivity index (χ0v) is 16.5. The van der Waals surface area contributed by atoms with Crippen molar-refractivity contribution < 1.29 is 14.3 Å². The molecule has 1 atom stereocenters. The lowest BCUT2D eigenvalue weighted by molar-refractivity contribution is 0.0950. The van der Waals surface area contributed by atoms with Crippen molar-refractivity contribution in [1.29, 1.82) is 0 Å². The largest absolute Gasteiger partial charge is 0.497 e. The number of benzene rings is 2. The smallest absolute Gasteiger partial charge is 0.251 e. The van der Waals surface area contributed by atoms with E-state index in [4.69, 9.17) is 14.5 Å². The van der Waals surface area contributed by atoms with Gasteiger partial charge in [-0.2, -0.15) is 0 Å². The highest BCUT2D eigenvalue weighted by Crippen LogP contribution is 2.26. The quantitative estimate of drug-likeness (QED) is 0.736. The van der Waals surface area contributed by atoms with E-state index in [-0.39, 0.29) is 5.91 Å². The van der Waals surface area contributed by atoms with E-state index in [1.165, 1.54) is 6.42 Å². The van der Waals surface area contributed by atoms with Crippen LogP contribution >= 0.6 is 0 Å². The summed E-state index contributed by atoms with van der Waals surface area (Å²) in [5.41, 5.74) is 3.46. The van der Waals surface area contributed by atoms with Crippen LogP contribution in [0.4, 0.5) is 0 Å². The summed E-state index contributed by atoms with van der Waals surface area (Å²) < 4.78 is 12.9. The van der Waals surface area contributed by atoms with Gasteiger partial charge in [-0.3, -0.25) is 4.79 Å². The van der Waals surface area contributed by atoms with Gasteiger partial charge in [-0.1, -0.05) is 6.92 Å². The third-order valence-corrected chi connectivity index (χ3v) is 5.39. The number of rotatable bonds is 5. The fourth-order valence-electron chi connectivity index (χ4n) is 3.79. The predicted octanol–water partition coefficient (Wildman–Crippen LogP) is 3.57. The Morgan fingerprint density at radius 1 is 1.21 bits per heavy atom. The fraction of sp³-hybridized carbons (Fsp3) is 0.364. The Labute approximate surface area is 164 Å². The zero-order valence-electron chi connectivity index (χ0n) is 16.5. The van der Waals surface area contributed by atoms with Crippen molar-refractivity contribution in [3.63, 3.8) is 0 Å². The molecule has 3 aromatic rings. The minimum atomic E-state index is -0.133. The number of fused-ring (bicyclic) bond motifs is 3. The van der Waals surface area contributed by atoms with Crippen molar-refractivity contribution in [2.75, 3.05) is 14.2 Å². The van der Waals surface area contributed by atoms with E-state index in [9.17, 15) is 4.79 Å². The first-order valence-corrected chi connectivity index (χ1v) is 9.57. The van der Waals surface area contributed by atoms with E-state index in [0.717, 1.165) is 41.1 Å². The Hall–Kier alpha value is -3.02. The lowest BCUT2D eigenvalue weighted by Crippen LogP contribution is -2.23. The summed E-state index contributed by atoms with van der Waals surface area (Å²) in [4.78, 5) is 17.5. The van der Waals surface area contributed by atoms with Crippen molar-refractivity contribution in [2.24, 2.45) is 5.92 Å². The molecule has 0 saturated carbocycles. The van der Waals surface area contributed by atoms with Crippen LogP contribution in [0.15, 0.2) is 36.4 Å². The maximum Gasteiger partial charge on any atom is 0.251 e. The van der Waals surface area contributed by atoms with Crippen molar-refractivity contribution in [3.05, 3.63) is 53.3 Å². The number of aryl methyl sites for hydroxylation is 1. The van der Waals surface area contributed by atoms with Gasteiger partial charge in [0.15, 0.2) is 0 Å². The summed E-state index contributed by atoms with van der Waals surface area (Å²) in [5, 5.41) is 2.97. The molecule has 4 rings (SSSR count). The van der Waals surface area contributed by atoms with Crippen molar-refractivity contribution in [3.8, 4) is 11.5 Å². The van der Waals surface area contributed by atoms with Crippen molar-refractivity contribution in [1.82, 2.24) is 14.9 Å². The second-order valence-electron chi connectivity index (χ2n) is 7.34. The number of methoxy groups -OCH3 is 2. The molecule has 2 heterocycles. The first-order chi connectivity index (χ1) is 13.6. The molecular weight excluding hydrogens is 354 g/mol. The van der Waals surface area contributed by atoms with Gasteiger partial charge in [-0.25, -0.2) is 4.98 Å². The second kappa shape index (κ2) is 7.54. The molecule has 0 saturated heterocycles. The van der Waals surface area contributed by atoms with Gasteiger partial charge in [-0.15, -0.1) is 0 Å². The van der Waals surface area contributed by atoms with Crippen LogP contribution in [0.3, 0.4) is 0 Å². The summed E-state index contributed by atoms with van der Waals surface area (Å²) in [6.07, 6.45) is 2.16. The molecular formula is C22H25N3O3. The molecule has 1 aliphatic rings. The van der Waals surface area contributed by atoms with Gasteiger partial charge < -0.3 is 19.4 Å². The average molecular weight is 379 g/mol. The number of amides is 1. The number of carbonyl (C=O) groups is 1. The molecule has 6 heteroatoms. The number of nitrogens with zero attached hydrogens (tertiary/aromatic N) is 2. The summed E-state index contributed by atoms with van der Waals surface area (Å²) in [6, 6.07) is 11.3. The van der Waals surface area contributed by atoms with Crippen LogP contribution in [0.5, 0.6) is 11.5 Å². The topological polar surface area (TPSA) is 65.4 Å². The number of nitrogens with one attached hydrogen (secondary N) is 1. The van der Waals surface area contributed by atoms with Crippen LogP contribution in [0.25, 0.3) is 11.0 Å². The van der Waals surface area contributed by atoms with Gasteiger partial charge in [0.25, 0.3) is 5.91 Å². The molecule has 0 radical (unpaired) electrons. The number of hydrogen-bond donors (Lipinski definition) is 1. The van der Waals surface area contributed by atoms with Crippen molar-refractivity contribution >= 4 is 16.9 Å². The van der Waals surface area contributed by atoms with Gasteiger partial charge in [0, 0.05) is 30.6 Å². The molecule has 146 valence electrons. The molecule has 1 aromatic heterocycles. The average Bonchev–Trinajstić information content (AvgIpc) is 3.08. The summed E-state index contributed by atoms with van der Waals surface area (Å²) in [7, 11) is 3.23. The SMILES string of the molecule is COc1ccc(OC)c(CNC(=O)c2ccc3c(c2)nc2n3CCC(C)C2)c1. The highest BCUT2D eigenvalue weighted by Gasteiger charge is 2.20. The molecule has 1 N–H and O–H groups in total. The van der Waals surface area contributed by atoms with E-state index < -0.39 is 0 Å². The standard InChI is InChI=1S/C22H25N3O3/c1-14-8-9-25-19-6-4-15(12-18(19)24-21(25)10-14)22(26)23-13-16-11-17(27-2)5-7-20(16)28-3/h4-7,11-12,14H,8-10,13H2,1-3H3,(H,23,26). The van der Waals surface area contributed by atoms with Gasteiger partial charge in [0.2, 0.25) is 0 Å². The van der Waals surface area contributed by atoms with Gasteiger partial charge >= 0.3 is 0 Å². The van der Waals surface area contributed by atoms with E-state index in [1.807, 2.05) is 36.4 Å². The highest BCUT2D eigenvalue weighted by atomic mass is 16.5. The van der Waals surface area contributed by atoms with Crippen LogP contribution in [-0.4, -0.2) is 29.7 Å². The lowest BCUT2D eigenvalue weighted by Gasteiger charge is -2.20. The Morgan fingerprint density at radius 3 is 2.86 bits per heavy atom.